The van der Waals surface area contributed by atoms with Gasteiger partial charge in [-0.3, -0.25) is 4.99 Å². The molecule has 0 spiro atoms. The summed E-state index contributed by atoms with van der Waals surface area (Å²) in [5, 5.41) is 3.56. The topological polar surface area (TPSA) is 49.3 Å². The normalized spacial score (nSPS) is 20.6. The van der Waals surface area contributed by atoms with E-state index in [1.165, 1.54) is 29.7 Å². The van der Waals surface area contributed by atoms with Crippen LogP contribution in [0.3, 0.4) is 0 Å². The highest BCUT2D eigenvalue weighted by Gasteiger charge is 2.24. The molecule has 1 aromatic rings. The molecular formula is C23H39IN4O2. The summed E-state index contributed by atoms with van der Waals surface area (Å²) in [7, 11) is 6.06. The second-order valence-corrected chi connectivity index (χ2v) is 8.44. The van der Waals surface area contributed by atoms with Crippen LogP contribution >= 0.6 is 24.0 Å². The van der Waals surface area contributed by atoms with E-state index >= 15 is 0 Å². The highest BCUT2D eigenvalue weighted by molar-refractivity contribution is 14.0. The summed E-state index contributed by atoms with van der Waals surface area (Å²) in [6.45, 7) is 6.50. The number of piperidine rings is 1. The molecule has 3 rings (SSSR count). The van der Waals surface area contributed by atoms with Crippen molar-refractivity contribution in [2.75, 3.05) is 52.3 Å². The van der Waals surface area contributed by atoms with Crippen LogP contribution in [0.15, 0.2) is 23.2 Å². The first kappa shape index (κ1) is 25.2. The minimum absolute atomic E-state index is 0. The number of hydrogen-bond donors (Lipinski definition) is 1. The van der Waals surface area contributed by atoms with Crippen molar-refractivity contribution in [1.29, 1.82) is 0 Å². The molecule has 1 unspecified atom stereocenters. The van der Waals surface area contributed by atoms with E-state index in [9.17, 15) is 0 Å². The number of guanidine groups is 1. The molecule has 0 saturated carbocycles. The molecular weight excluding hydrogens is 491 g/mol. The average molecular weight is 530 g/mol. The Morgan fingerprint density at radius 2 is 2.00 bits per heavy atom. The maximum atomic E-state index is 6.15. The Hall–Kier alpha value is -1.06. The van der Waals surface area contributed by atoms with Gasteiger partial charge in [0.05, 0.1) is 18.8 Å². The molecule has 0 bridgehead atoms. The zero-order valence-corrected chi connectivity index (χ0v) is 21.4. The van der Waals surface area contributed by atoms with E-state index in [1.54, 1.807) is 0 Å². The van der Waals surface area contributed by atoms with Gasteiger partial charge in [0, 0.05) is 53.1 Å². The fourth-order valence-electron chi connectivity index (χ4n) is 4.16. The highest BCUT2D eigenvalue weighted by atomic mass is 127. The van der Waals surface area contributed by atoms with Gasteiger partial charge in [-0.25, -0.2) is 0 Å². The summed E-state index contributed by atoms with van der Waals surface area (Å²) in [5.74, 6) is 0.976. The average Bonchev–Trinajstić information content (AvgIpc) is 2.75. The number of aryl methyl sites for hydroxylation is 1. The molecule has 0 radical (unpaired) electrons. The summed E-state index contributed by atoms with van der Waals surface area (Å²) in [5.41, 5.74) is 3.82. The number of halogens is 1. The van der Waals surface area contributed by atoms with Gasteiger partial charge < -0.3 is 24.6 Å². The molecule has 7 heteroatoms. The lowest BCUT2D eigenvalue weighted by atomic mass is 10.1. The summed E-state index contributed by atoms with van der Waals surface area (Å²) >= 11 is 0. The monoisotopic (exact) mass is 530 g/mol. The summed E-state index contributed by atoms with van der Waals surface area (Å²) in [6, 6.07) is 6.61. The van der Waals surface area contributed by atoms with Crippen molar-refractivity contribution in [1.82, 2.24) is 10.2 Å². The summed E-state index contributed by atoms with van der Waals surface area (Å²) < 4.78 is 11.9. The van der Waals surface area contributed by atoms with Crippen molar-refractivity contribution in [2.45, 2.75) is 57.8 Å². The molecule has 0 aromatic heterocycles. The fourth-order valence-corrected chi connectivity index (χ4v) is 4.16. The zero-order valence-electron chi connectivity index (χ0n) is 19.0. The molecule has 30 heavy (non-hydrogen) atoms. The molecule has 2 aliphatic heterocycles. The van der Waals surface area contributed by atoms with Crippen molar-refractivity contribution in [3.05, 3.63) is 29.3 Å². The maximum absolute atomic E-state index is 6.15. The van der Waals surface area contributed by atoms with E-state index in [2.05, 4.69) is 59.3 Å². The van der Waals surface area contributed by atoms with Crippen LogP contribution in [-0.4, -0.2) is 70.5 Å². The maximum Gasteiger partial charge on any atom is 0.193 e. The molecule has 0 amide bonds. The third kappa shape index (κ3) is 7.27. The van der Waals surface area contributed by atoms with Crippen LogP contribution in [-0.2, 0) is 16.0 Å². The van der Waals surface area contributed by atoms with Crippen LogP contribution in [0.5, 0.6) is 0 Å². The first-order valence-corrected chi connectivity index (χ1v) is 11.0. The molecule has 2 fully saturated rings. The van der Waals surface area contributed by atoms with Crippen LogP contribution < -0.4 is 10.2 Å². The number of rotatable bonds is 6. The number of benzene rings is 1. The fraction of sp³-hybridized carbons (Fsp3) is 0.696. The minimum atomic E-state index is 0. The molecule has 1 aromatic carbocycles. The smallest absolute Gasteiger partial charge is 0.193 e. The molecule has 1 atom stereocenters. The Labute approximate surface area is 199 Å². The number of ether oxygens (including phenoxy) is 2. The Bertz CT molecular complexity index is 669. The number of likely N-dealkylation sites (tertiary alicyclic amines) is 1. The third-order valence-corrected chi connectivity index (χ3v) is 5.90. The number of aliphatic imine (C=N–C) groups is 1. The van der Waals surface area contributed by atoms with Crippen LogP contribution in [0.2, 0.25) is 0 Å². The van der Waals surface area contributed by atoms with Gasteiger partial charge in [0.25, 0.3) is 0 Å². The van der Waals surface area contributed by atoms with Crippen LogP contribution in [0, 0.1) is 6.92 Å². The van der Waals surface area contributed by atoms with Gasteiger partial charge in [-0.1, -0.05) is 12.1 Å². The van der Waals surface area contributed by atoms with E-state index in [1.807, 2.05) is 7.05 Å². The van der Waals surface area contributed by atoms with Crippen molar-refractivity contribution in [3.63, 3.8) is 0 Å². The first-order chi connectivity index (χ1) is 14.1. The van der Waals surface area contributed by atoms with E-state index in [-0.39, 0.29) is 24.0 Å². The van der Waals surface area contributed by atoms with Crippen molar-refractivity contribution in [3.8, 4) is 0 Å². The Kier molecular flexibility index (Phi) is 10.7. The van der Waals surface area contributed by atoms with Crippen molar-refractivity contribution >= 4 is 35.6 Å². The lowest BCUT2D eigenvalue weighted by molar-refractivity contribution is -0.0721. The third-order valence-electron chi connectivity index (χ3n) is 5.90. The van der Waals surface area contributed by atoms with Gasteiger partial charge in [0.1, 0.15) is 0 Å². The number of anilines is 1. The van der Waals surface area contributed by atoms with E-state index in [4.69, 9.17) is 9.47 Å². The van der Waals surface area contributed by atoms with Crippen LogP contribution in [0.1, 0.15) is 43.2 Å². The van der Waals surface area contributed by atoms with Crippen molar-refractivity contribution < 1.29 is 9.47 Å². The van der Waals surface area contributed by atoms with E-state index in [0.29, 0.717) is 12.2 Å². The van der Waals surface area contributed by atoms with Gasteiger partial charge in [-0.15, -0.1) is 24.0 Å². The SMILES string of the molecule is CN=C(NCc1ccc(C)cc1N(C)C)N1CCC(OCC2CCCCO2)CC1.I. The first-order valence-electron chi connectivity index (χ1n) is 11.0. The van der Waals surface area contributed by atoms with Gasteiger partial charge in [-0.05, 0) is 56.2 Å². The quantitative estimate of drug-likeness (QED) is 0.345. The lowest BCUT2D eigenvalue weighted by Crippen LogP contribution is -2.47. The molecule has 170 valence electrons. The Morgan fingerprint density at radius 1 is 1.23 bits per heavy atom. The van der Waals surface area contributed by atoms with Crippen LogP contribution in [0.4, 0.5) is 5.69 Å². The molecule has 2 aliphatic rings. The summed E-state index contributed by atoms with van der Waals surface area (Å²) in [4.78, 5) is 9.04. The summed E-state index contributed by atoms with van der Waals surface area (Å²) in [6.07, 6.45) is 6.33. The predicted octanol–water partition coefficient (Wildman–Crippen LogP) is 3.80. The number of nitrogens with one attached hydrogen (secondary N) is 1. The molecule has 2 heterocycles. The number of hydrogen-bond acceptors (Lipinski definition) is 4. The lowest BCUT2D eigenvalue weighted by Gasteiger charge is -2.35. The molecule has 2 saturated heterocycles. The second-order valence-electron chi connectivity index (χ2n) is 8.44. The van der Waals surface area contributed by atoms with E-state index < -0.39 is 0 Å². The Balaban J connectivity index is 0.00000320. The number of nitrogens with zero attached hydrogens (tertiary/aromatic N) is 3. The second kappa shape index (κ2) is 12.7. The standard InChI is InChI=1S/C23H38N4O2.HI/c1-18-8-9-19(22(15-18)26(3)4)16-25-23(24-2)27-12-10-20(11-13-27)29-17-21-7-5-6-14-28-21;/h8-9,15,20-21H,5-7,10-14,16-17H2,1-4H3,(H,24,25);1H. The highest BCUT2D eigenvalue weighted by Crippen LogP contribution is 2.21. The van der Waals surface area contributed by atoms with Gasteiger partial charge in [-0.2, -0.15) is 0 Å². The van der Waals surface area contributed by atoms with Crippen molar-refractivity contribution in [2.24, 2.45) is 4.99 Å². The predicted molar refractivity (Wildman–Crippen MR) is 135 cm³/mol. The van der Waals surface area contributed by atoms with Gasteiger partial charge in [0.15, 0.2) is 5.96 Å². The molecule has 0 aliphatic carbocycles. The minimum Gasteiger partial charge on any atom is -0.377 e. The zero-order chi connectivity index (χ0) is 20.6. The van der Waals surface area contributed by atoms with Gasteiger partial charge >= 0.3 is 0 Å². The molecule has 1 N–H and O–H groups in total. The van der Waals surface area contributed by atoms with Gasteiger partial charge in [0.2, 0.25) is 0 Å². The Morgan fingerprint density at radius 3 is 2.63 bits per heavy atom. The molecule has 6 nitrogen and oxygen atoms in total. The largest absolute Gasteiger partial charge is 0.377 e. The van der Waals surface area contributed by atoms with E-state index in [0.717, 1.165) is 58.1 Å². The van der Waals surface area contributed by atoms with Crippen LogP contribution in [0.25, 0.3) is 0 Å².